The Labute approximate surface area is 184 Å². The summed E-state index contributed by atoms with van der Waals surface area (Å²) in [7, 11) is 1.74. The minimum atomic E-state index is -4.57. The maximum atomic E-state index is 13.1. The number of aryl methyl sites for hydroxylation is 1. The molecule has 11 heteroatoms. The lowest BCUT2D eigenvalue weighted by Gasteiger charge is -2.12. The molecule has 0 bridgehead atoms. The van der Waals surface area contributed by atoms with Crippen LogP contribution in [0.4, 0.5) is 24.8 Å². The first kappa shape index (κ1) is 21.4. The zero-order valence-electron chi connectivity index (χ0n) is 16.4. The molecule has 2 N–H and O–H groups in total. The van der Waals surface area contributed by atoms with E-state index in [0.29, 0.717) is 28.7 Å². The van der Waals surface area contributed by atoms with Gasteiger partial charge in [-0.05, 0) is 36.4 Å². The summed E-state index contributed by atoms with van der Waals surface area (Å²) in [4.78, 5) is 8.47. The molecule has 0 saturated carbocycles. The number of alkyl halides is 3. The highest BCUT2D eigenvalue weighted by Crippen LogP contribution is 2.37. The van der Waals surface area contributed by atoms with Crippen LogP contribution in [0.2, 0.25) is 5.02 Å². The van der Waals surface area contributed by atoms with Gasteiger partial charge in [0.1, 0.15) is 11.5 Å². The molecule has 2 heterocycles. The highest BCUT2D eigenvalue weighted by atomic mass is 35.5. The van der Waals surface area contributed by atoms with E-state index in [-0.39, 0.29) is 10.7 Å². The van der Waals surface area contributed by atoms with E-state index < -0.39 is 11.7 Å². The van der Waals surface area contributed by atoms with Crippen molar-refractivity contribution in [2.24, 2.45) is 12.2 Å². The molecule has 2 aromatic carbocycles. The van der Waals surface area contributed by atoms with Gasteiger partial charge in [-0.25, -0.2) is 4.98 Å². The van der Waals surface area contributed by atoms with Gasteiger partial charge in [0.15, 0.2) is 0 Å². The third-order valence-electron chi connectivity index (χ3n) is 4.56. The van der Waals surface area contributed by atoms with Crippen molar-refractivity contribution in [3.05, 3.63) is 71.0 Å². The van der Waals surface area contributed by atoms with Crippen LogP contribution in [0.15, 0.2) is 59.9 Å². The molecule has 0 amide bonds. The summed E-state index contributed by atoms with van der Waals surface area (Å²) in [5.41, 5.74) is 1.00. The van der Waals surface area contributed by atoms with Crippen LogP contribution < -0.4 is 10.1 Å². The number of oxime groups is 1. The van der Waals surface area contributed by atoms with Crippen LogP contribution in [-0.4, -0.2) is 26.0 Å². The van der Waals surface area contributed by atoms with Crippen LogP contribution in [0, 0.1) is 0 Å². The first-order chi connectivity index (χ1) is 15.2. The van der Waals surface area contributed by atoms with Crippen LogP contribution in [0.1, 0.15) is 11.3 Å². The Hall–Kier alpha value is -3.79. The Balaban J connectivity index is 1.61. The van der Waals surface area contributed by atoms with Crippen molar-refractivity contribution in [1.82, 2.24) is 14.5 Å². The normalized spacial score (nSPS) is 11.9. The van der Waals surface area contributed by atoms with E-state index >= 15 is 0 Å². The molecule has 4 rings (SSSR count). The third kappa shape index (κ3) is 4.45. The second-order valence-electron chi connectivity index (χ2n) is 6.73. The second-order valence-corrected chi connectivity index (χ2v) is 7.13. The topological polar surface area (TPSA) is 84.6 Å². The number of benzene rings is 2. The van der Waals surface area contributed by atoms with Crippen molar-refractivity contribution in [2.45, 2.75) is 6.18 Å². The largest absolute Gasteiger partial charge is 0.457 e. The van der Waals surface area contributed by atoms with Gasteiger partial charge in [-0.3, -0.25) is 4.98 Å². The Morgan fingerprint density at radius 2 is 1.91 bits per heavy atom. The summed E-state index contributed by atoms with van der Waals surface area (Å²) in [5.74, 6) is 1.31. The van der Waals surface area contributed by atoms with Gasteiger partial charge in [0.05, 0.1) is 33.5 Å². The average molecular weight is 462 g/mol. The van der Waals surface area contributed by atoms with Crippen LogP contribution in [0.5, 0.6) is 11.5 Å². The number of pyridine rings is 1. The molecule has 4 aromatic rings. The number of rotatable bonds is 5. The number of halogens is 4. The average Bonchev–Trinajstić information content (AvgIpc) is 3.04. The van der Waals surface area contributed by atoms with Crippen LogP contribution in [0.3, 0.4) is 0 Å². The summed E-state index contributed by atoms with van der Waals surface area (Å²) in [6, 6.07) is 12.0. The summed E-state index contributed by atoms with van der Waals surface area (Å²) in [5, 5.41) is 14.1. The Morgan fingerprint density at radius 3 is 2.66 bits per heavy atom. The van der Waals surface area contributed by atoms with Crippen molar-refractivity contribution in [3.63, 3.8) is 0 Å². The number of aromatic nitrogens is 3. The Kier molecular flexibility index (Phi) is 5.62. The number of anilines is 2. The fourth-order valence-electron chi connectivity index (χ4n) is 3.06. The van der Waals surface area contributed by atoms with Crippen LogP contribution >= 0.6 is 11.6 Å². The molecule has 0 fully saturated rings. The number of imidazole rings is 1. The first-order valence-electron chi connectivity index (χ1n) is 9.16. The molecule has 0 aliphatic heterocycles. The molecule has 0 spiro atoms. The van der Waals surface area contributed by atoms with Crippen molar-refractivity contribution < 1.29 is 23.1 Å². The van der Waals surface area contributed by atoms with E-state index in [2.05, 4.69) is 20.4 Å². The minimum Gasteiger partial charge on any atom is -0.457 e. The van der Waals surface area contributed by atoms with Gasteiger partial charge in [0.2, 0.25) is 5.95 Å². The van der Waals surface area contributed by atoms with E-state index in [1.165, 1.54) is 24.5 Å². The maximum absolute atomic E-state index is 13.1. The second kappa shape index (κ2) is 8.39. The highest BCUT2D eigenvalue weighted by Gasteiger charge is 2.33. The van der Waals surface area contributed by atoms with Crippen molar-refractivity contribution in [1.29, 1.82) is 0 Å². The monoisotopic (exact) mass is 461 g/mol. The lowest BCUT2D eigenvalue weighted by Crippen LogP contribution is -2.07. The van der Waals surface area contributed by atoms with Crippen molar-refractivity contribution in [2.75, 3.05) is 5.32 Å². The fraction of sp³-hybridized carbons (Fsp3) is 0.0952. The van der Waals surface area contributed by atoms with Gasteiger partial charge >= 0.3 is 6.18 Å². The minimum absolute atomic E-state index is 0.200. The molecule has 2 aromatic heterocycles. The molecular formula is C21H15ClF3N5O2. The van der Waals surface area contributed by atoms with E-state index in [0.717, 1.165) is 11.6 Å². The Morgan fingerprint density at radius 1 is 1.12 bits per heavy atom. The predicted molar refractivity (Wildman–Crippen MR) is 114 cm³/mol. The standard InChI is InChI=1S/C21H15ClF3N5O2/c1-30-19-5-3-14(32-15-6-7-26-13(8-15)11-27-31)10-18(19)29-20(30)28-12-2-4-17(22)16(9-12)21(23,24)25/h2-11,31H,1H3,(H,28,29)/b27-11-. The lowest BCUT2D eigenvalue weighted by atomic mass is 10.2. The lowest BCUT2D eigenvalue weighted by molar-refractivity contribution is -0.137. The quantitative estimate of drug-likeness (QED) is 0.217. The number of fused-ring (bicyclic) bond motifs is 1. The number of ether oxygens (including phenoxy) is 1. The smallest absolute Gasteiger partial charge is 0.417 e. The van der Waals surface area contributed by atoms with Gasteiger partial charge in [-0.1, -0.05) is 16.8 Å². The fourth-order valence-corrected chi connectivity index (χ4v) is 3.29. The number of nitrogens with zero attached hydrogens (tertiary/aromatic N) is 4. The third-order valence-corrected chi connectivity index (χ3v) is 4.89. The van der Waals surface area contributed by atoms with Crippen molar-refractivity contribution in [3.8, 4) is 11.5 Å². The van der Waals surface area contributed by atoms with Gasteiger partial charge in [-0.15, -0.1) is 0 Å². The number of hydrogen-bond acceptors (Lipinski definition) is 6. The van der Waals surface area contributed by atoms with Crippen LogP contribution in [0.25, 0.3) is 11.0 Å². The summed E-state index contributed by atoms with van der Waals surface area (Å²) < 4.78 is 46.9. The van der Waals surface area contributed by atoms with E-state index in [9.17, 15) is 13.2 Å². The summed E-state index contributed by atoms with van der Waals surface area (Å²) in [6.45, 7) is 0. The molecule has 164 valence electrons. The van der Waals surface area contributed by atoms with Gasteiger partial charge in [0, 0.05) is 31.1 Å². The van der Waals surface area contributed by atoms with E-state index in [1.54, 1.807) is 41.9 Å². The van der Waals surface area contributed by atoms with E-state index in [1.807, 2.05) is 0 Å². The Bertz CT molecular complexity index is 1320. The van der Waals surface area contributed by atoms with Gasteiger partial charge in [-0.2, -0.15) is 13.2 Å². The summed E-state index contributed by atoms with van der Waals surface area (Å²) in [6.07, 6.45) is -1.88. The zero-order chi connectivity index (χ0) is 22.9. The van der Waals surface area contributed by atoms with E-state index in [4.69, 9.17) is 21.5 Å². The highest BCUT2D eigenvalue weighted by molar-refractivity contribution is 6.31. The van der Waals surface area contributed by atoms with Gasteiger partial charge in [0.25, 0.3) is 0 Å². The maximum Gasteiger partial charge on any atom is 0.417 e. The predicted octanol–water partition coefficient (Wildman–Crippen LogP) is 5.98. The molecule has 0 aliphatic rings. The summed E-state index contributed by atoms with van der Waals surface area (Å²) >= 11 is 5.68. The number of nitrogens with one attached hydrogen (secondary N) is 1. The molecule has 0 atom stereocenters. The molecule has 32 heavy (non-hydrogen) atoms. The molecule has 0 aliphatic carbocycles. The van der Waals surface area contributed by atoms with Crippen molar-refractivity contribution >= 4 is 40.5 Å². The van der Waals surface area contributed by atoms with Crippen LogP contribution in [-0.2, 0) is 13.2 Å². The zero-order valence-corrected chi connectivity index (χ0v) is 17.2. The molecule has 0 unspecified atom stereocenters. The molecular weight excluding hydrogens is 447 g/mol. The molecule has 0 radical (unpaired) electrons. The first-order valence-corrected chi connectivity index (χ1v) is 9.54. The number of hydrogen-bond donors (Lipinski definition) is 2. The molecule has 0 saturated heterocycles. The molecule has 7 nitrogen and oxygen atoms in total. The van der Waals surface area contributed by atoms with Gasteiger partial charge < -0.3 is 19.8 Å². The SMILES string of the molecule is Cn1c(Nc2ccc(Cl)c(C(F)(F)F)c2)nc2cc(Oc3ccnc(/C=N\O)c3)ccc21.